The molecule has 2 aromatic heterocycles. The molecule has 0 saturated heterocycles. The lowest BCUT2D eigenvalue weighted by Crippen LogP contribution is -2.13. The van der Waals surface area contributed by atoms with E-state index in [1.807, 2.05) is 12.1 Å². The molecular weight excluding hydrogens is 310 g/mol. The molecule has 0 aliphatic heterocycles. The molecule has 0 atom stereocenters. The average molecular weight is 321 g/mol. The highest BCUT2D eigenvalue weighted by molar-refractivity contribution is 7.93. The first-order chi connectivity index (χ1) is 10.1. The molecule has 0 radical (unpaired) electrons. The number of aromatic nitrogens is 2. The Kier molecular flexibility index (Phi) is 3.48. The third kappa shape index (κ3) is 2.67. The number of pyridine rings is 1. The van der Waals surface area contributed by atoms with Crippen LogP contribution in [0.4, 0.5) is 5.69 Å². The number of nitrogens with one attached hydrogen (secondary N) is 1. The Hall–Kier alpha value is -2.19. The van der Waals surface area contributed by atoms with Crippen molar-refractivity contribution in [3.63, 3.8) is 0 Å². The third-order valence-electron chi connectivity index (χ3n) is 2.88. The summed E-state index contributed by atoms with van der Waals surface area (Å²) >= 11 is 1.03. The maximum absolute atomic E-state index is 12.3. The van der Waals surface area contributed by atoms with Crippen molar-refractivity contribution in [1.82, 2.24) is 9.36 Å². The van der Waals surface area contributed by atoms with E-state index in [4.69, 9.17) is 4.74 Å². The minimum atomic E-state index is -3.72. The molecule has 21 heavy (non-hydrogen) atoms. The maximum Gasteiger partial charge on any atom is 0.268 e. The summed E-state index contributed by atoms with van der Waals surface area (Å²) in [7, 11) is -2.34. The lowest BCUT2D eigenvalue weighted by atomic mass is 10.2. The van der Waals surface area contributed by atoms with Crippen LogP contribution in [0.5, 0.6) is 5.88 Å². The molecule has 1 N–H and O–H groups in total. The second-order valence-electron chi connectivity index (χ2n) is 4.23. The van der Waals surface area contributed by atoms with Crippen LogP contribution in [0, 0.1) is 0 Å². The number of benzene rings is 1. The van der Waals surface area contributed by atoms with Gasteiger partial charge in [0, 0.05) is 28.8 Å². The summed E-state index contributed by atoms with van der Waals surface area (Å²) < 4.78 is 36.0. The van der Waals surface area contributed by atoms with Gasteiger partial charge in [-0.3, -0.25) is 9.71 Å². The Labute approximate surface area is 125 Å². The van der Waals surface area contributed by atoms with Gasteiger partial charge in [-0.05, 0) is 35.1 Å². The van der Waals surface area contributed by atoms with Crippen LogP contribution >= 0.6 is 11.5 Å². The number of anilines is 1. The van der Waals surface area contributed by atoms with Gasteiger partial charge in [-0.1, -0.05) is 6.07 Å². The van der Waals surface area contributed by atoms with Gasteiger partial charge in [0.25, 0.3) is 10.0 Å². The lowest BCUT2D eigenvalue weighted by molar-refractivity contribution is 0.391. The Balaban J connectivity index is 1.97. The van der Waals surface area contributed by atoms with Gasteiger partial charge in [-0.15, -0.1) is 0 Å². The van der Waals surface area contributed by atoms with Gasteiger partial charge in [0.05, 0.1) is 7.11 Å². The molecule has 3 aromatic rings. The molecule has 6 nitrogen and oxygen atoms in total. The van der Waals surface area contributed by atoms with Gasteiger partial charge in [-0.2, -0.15) is 4.37 Å². The van der Waals surface area contributed by atoms with E-state index in [-0.39, 0.29) is 10.8 Å². The van der Waals surface area contributed by atoms with E-state index in [0.29, 0.717) is 5.69 Å². The highest BCUT2D eigenvalue weighted by Gasteiger charge is 2.22. The number of rotatable bonds is 4. The molecule has 0 spiro atoms. The molecule has 2 heterocycles. The zero-order valence-electron chi connectivity index (χ0n) is 11.0. The number of hydrogen-bond donors (Lipinski definition) is 1. The number of methoxy groups -OCH3 is 1. The Bertz CT molecular complexity index is 890. The van der Waals surface area contributed by atoms with Crippen molar-refractivity contribution in [3.8, 4) is 5.88 Å². The predicted molar refractivity (Wildman–Crippen MR) is 81.2 cm³/mol. The fourth-order valence-electron chi connectivity index (χ4n) is 1.89. The molecule has 0 saturated carbocycles. The highest BCUT2D eigenvalue weighted by Crippen LogP contribution is 2.27. The summed E-state index contributed by atoms with van der Waals surface area (Å²) in [6.07, 6.45) is 3.38. The van der Waals surface area contributed by atoms with Crippen molar-refractivity contribution in [1.29, 1.82) is 0 Å². The van der Waals surface area contributed by atoms with E-state index < -0.39 is 10.0 Å². The Morgan fingerprint density at radius 2 is 2.10 bits per heavy atom. The fourth-order valence-corrected chi connectivity index (χ4v) is 4.01. The molecule has 0 aliphatic carbocycles. The fraction of sp³-hybridized carbons (Fsp3) is 0.0769. The standard InChI is InChI=1S/C13H11N3O3S2/c1-19-13-12(8-20-15-13)21(17,18)16-11-3-2-10-7-14-5-4-9(10)6-11/h2-8,16H,1H3. The Morgan fingerprint density at radius 1 is 1.24 bits per heavy atom. The smallest absolute Gasteiger partial charge is 0.268 e. The molecule has 0 fully saturated rings. The number of sulfonamides is 1. The Morgan fingerprint density at radius 3 is 2.90 bits per heavy atom. The zero-order valence-corrected chi connectivity index (χ0v) is 12.6. The zero-order chi connectivity index (χ0) is 14.9. The van der Waals surface area contributed by atoms with E-state index in [0.717, 1.165) is 22.3 Å². The van der Waals surface area contributed by atoms with Crippen molar-refractivity contribution in [3.05, 3.63) is 42.0 Å². The molecule has 108 valence electrons. The minimum Gasteiger partial charge on any atom is -0.479 e. The summed E-state index contributed by atoms with van der Waals surface area (Å²) in [5.74, 6) is 0.0949. The van der Waals surface area contributed by atoms with Crippen LogP contribution in [-0.2, 0) is 10.0 Å². The number of ether oxygens (including phenoxy) is 1. The molecule has 3 rings (SSSR count). The number of fused-ring (bicyclic) bond motifs is 1. The monoisotopic (exact) mass is 321 g/mol. The summed E-state index contributed by atoms with van der Waals surface area (Å²) in [5.41, 5.74) is 0.474. The van der Waals surface area contributed by atoms with Gasteiger partial charge in [-0.25, -0.2) is 8.42 Å². The van der Waals surface area contributed by atoms with Crippen molar-refractivity contribution in [2.75, 3.05) is 11.8 Å². The minimum absolute atomic E-state index is 0.0322. The van der Waals surface area contributed by atoms with E-state index in [2.05, 4.69) is 14.1 Å². The van der Waals surface area contributed by atoms with Gasteiger partial charge < -0.3 is 4.74 Å². The maximum atomic E-state index is 12.3. The van der Waals surface area contributed by atoms with E-state index in [9.17, 15) is 8.42 Å². The van der Waals surface area contributed by atoms with Gasteiger partial charge in [0.2, 0.25) is 5.88 Å². The predicted octanol–water partition coefficient (Wildman–Crippen LogP) is 2.50. The number of hydrogen-bond acceptors (Lipinski definition) is 6. The largest absolute Gasteiger partial charge is 0.479 e. The first-order valence-electron chi connectivity index (χ1n) is 5.95. The quantitative estimate of drug-likeness (QED) is 0.798. The van der Waals surface area contributed by atoms with Crippen LogP contribution < -0.4 is 9.46 Å². The van der Waals surface area contributed by atoms with Crippen molar-refractivity contribution < 1.29 is 13.2 Å². The first-order valence-corrected chi connectivity index (χ1v) is 8.27. The van der Waals surface area contributed by atoms with E-state index in [1.165, 1.54) is 12.5 Å². The summed E-state index contributed by atoms with van der Waals surface area (Å²) in [6.45, 7) is 0. The van der Waals surface area contributed by atoms with Crippen LogP contribution in [0.1, 0.15) is 0 Å². The third-order valence-corrected chi connectivity index (χ3v) is 5.02. The van der Waals surface area contributed by atoms with Crippen LogP contribution in [0.2, 0.25) is 0 Å². The summed E-state index contributed by atoms with van der Waals surface area (Å²) in [5, 5.41) is 3.28. The van der Waals surface area contributed by atoms with Crippen molar-refractivity contribution in [2.24, 2.45) is 0 Å². The van der Waals surface area contributed by atoms with E-state index >= 15 is 0 Å². The molecule has 8 heteroatoms. The van der Waals surface area contributed by atoms with Gasteiger partial charge >= 0.3 is 0 Å². The van der Waals surface area contributed by atoms with Gasteiger partial charge in [0.15, 0.2) is 4.90 Å². The van der Waals surface area contributed by atoms with Gasteiger partial charge in [0.1, 0.15) is 0 Å². The molecular formula is C13H11N3O3S2. The summed E-state index contributed by atoms with van der Waals surface area (Å²) in [6, 6.07) is 7.07. The topological polar surface area (TPSA) is 81.2 Å². The second-order valence-corrected chi connectivity index (χ2v) is 6.51. The van der Waals surface area contributed by atoms with Crippen LogP contribution in [0.15, 0.2) is 46.9 Å². The van der Waals surface area contributed by atoms with E-state index in [1.54, 1.807) is 24.5 Å². The molecule has 0 aliphatic rings. The molecule has 1 aromatic carbocycles. The molecule has 0 bridgehead atoms. The molecule has 0 unspecified atom stereocenters. The summed E-state index contributed by atoms with van der Waals surface area (Å²) in [4.78, 5) is 4.05. The lowest BCUT2D eigenvalue weighted by Gasteiger charge is -2.08. The highest BCUT2D eigenvalue weighted by atomic mass is 32.2. The van der Waals surface area contributed by atoms with Crippen molar-refractivity contribution >= 4 is 38.0 Å². The SMILES string of the molecule is COc1nscc1S(=O)(=O)Nc1ccc2cnccc2c1. The number of nitrogens with zero attached hydrogens (tertiary/aromatic N) is 2. The average Bonchev–Trinajstić information content (AvgIpc) is 2.96. The second kappa shape index (κ2) is 5.30. The molecule has 0 amide bonds. The first kappa shape index (κ1) is 13.8. The normalized spacial score (nSPS) is 11.5. The van der Waals surface area contributed by atoms with Crippen molar-refractivity contribution in [2.45, 2.75) is 4.90 Å². The van der Waals surface area contributed by atoms with Crippen LogP contribution in [0.3, 0.4) is 0 Å². The van der Waals surface area contributed by atoms with Crippen LogP contribution in [0.25, 0.3) is 10.8 Å². The van der Waals surface area contributed by atoms with Crippen LogP contribution in [-0.4, -0.2) is 24.9 Å².